The minimum atomic E-state index is -0.697. The van der Waals surface area contributed by atoms with Crippen molar-refractivity contribution < 1.29 is 24.1 Å². The van der Waals surface area contributed by atoms with Crippen molar-refractivity contribution in [1.82, 2.24) is 0 Å². The van der Waals surface area contributed by atoms with Gasteiger partial charge in [-0.3, -0.25) is 4.79 Å². The quantitative estimate of drug-likeness (QED) is 0.546. The highest BCUT2D eigenvalue weighted by molar-refractivity contribution is 5.76. The minimum Gasteiger partial charge on any atom is -0.465 e. The lowest BCUT2D eigenvalue weighted by Crippen LogP contribution is -2.47. The summed E-state index contributed by atoms with van der Waals surface area (Å²) in [7, 11) is 1.55. The third-order valence-corrected chi connectivity index (χ3v) is 3.51. The second kappa shape index (κ2) is 2.68. The Labute approximate surface area is 80.9 Å². The van der Waals surface area contributed by atoms with Crippen molar-refractivity contribution >= 4 is 5.97 Å². The maximum Gasteiger partial charge on any atom is 0.312 e. The van der Waals surface area contributed by atoms with Crippen LogP contribution in [-0.4, -0.2) is 49.2 Å². The molecule has 3 fully saturated rings. The molecule has 78 valence electrons. The Balaban J connectivity index is 1.92. The molecule has 14 heavy (non-hydrogen) atoms. The van der Waals surface area contributed by atoms with Gasteiger partial charge in [-0.1, -0.05) is 0 Å². The van der Waals surface area contributed by atoms with Crippen molar-refractivity contribution in [2.24, 2.45) is 11.8 Å². The molecule has 0 aromatic heterocycles. The molecule has 0 unspecified atom stereocenters. The van der Waals surface area contributed by atoms with E-state index in [9.17, 15) is 9.90 Å². The van der Waals surface area contributed by atoms with Crippen LogP contribution in [0.5, 0.6) is 0 Å². The Kier molecular flexibility index (Phi) is 1.66. The molecular formula is C9H12O5. The summed E-state index contributed by atoms with van der Waals surface area (Å²) >= 11 is 0. The van der Waals surface area contributed by atoms with E-state index in [0.717, 1.165) is 0 Å². The first-order chi connectivity index (χ1) is 6.74. The predicted molar refractivity (Wildman–Crippen MR) is 43.4 cm³/mol. The third-order valence-electron chi connectivity index (χ3n) is 3.51. The topological polar surface area (TPSA) is 65.0 Å². The summed E-state index contributed by atoms with van der Waals surface area (Å²) in [6, 6.07) is 0. The van der Waals surface area contributed by atoms with Crippen LogP contribution < -0.4 is 0 Å². The zero-order valence-corrected chi connectivity index (χ0v) is 7.75. The van der Waals surface area contributed by atoms with Crippen LogP contribution in [0.15, 0.2) is 0 Å². The lowest BCUT2D eigenvalue weighted by Gasteiger charge is -2.28. The smallest absolute Gasteiger partial charge is 0.312 e. The van der Waals surface area contributed by atoms with E-state index in [4.69, 9.17) is 14.2 Å². The van der Waals surface area contributed by atoms with E-state index < -0.39 is 12.2 Å². The van der Waals surface area contributed by atoms with Gasteiger partial charge in [-0.2, -0.15) is 0 Å². The fourth-order valence-corrected chi connectivity index (χ4v) is 2.87. The van der Waals surface area contributed by atoms with Gasteiger partial charge in [0.05, 0.1) is 18.6 Å². The summed E-state index contributed by atoms with van der Waals surface area (Å²) < 4.78 is 15.7. The molecule has 0 amide bonds. The third kappa shape index (κ3) is 0.827. The van der Waals surface area contributed by atoms with Crippen molar-refractivity contribution in [3.05, 3.63) is 0 Å². The zero-order chi connectivity index (χ0) is 9.87. The number of methoxy groups -OCH3 is 1. The molecule has 0 aromatic rings. The summed E-state index contributed by atoms with van der Waals surface area (Å²) in [6.45, 7) is 0.400. The Morgan fingerprint density at radius 1 is 1.50 bits per heavy atom. The molecule has 0 radical (unpaired) electrons. The Morgan fingerprint density at radius 2 is 2.29 bits per heavy atom. The molecule has 5 heteroatoms. The van der Waals surface area contributed by atoms with Gasteiger partial charge in [-0.05, 0) is 0 Å². The Hall–Kier alpha value is -0.650. The van der Waals surface area contributed by atoms with E-state index in [-0.39, 0.29) is 30.0 Å². The maximum atomic E-state index is 11.3. The number of ether oxygens (including phenoxy) is 3. The zero-order valence-electron chi connectivity index (χ0n) is 7.75. The van der Waals surface area contributed by atoms with Gasteiger partial charge < -0.3 is 19.3 Å². The maximum absolute atomic E-state index is 11.3. The van der Waals surface area contributed by atoms with Crippen LogP contribution in [0.1, 0.15) is 0 Å². The minimum absolute atomic E-state index is 0.0702. The number of carbonyl (C=O) groups is 1. The number of fused-ring (bicyclic) bond motifs is 5. The summed E-state index contributed by atoms with van der Waals surface area (Å²) in [5.74, 6) is -0.446. The van der Waals surface area contributed by atoms with Gasteiger partial charge in [0.2, 0.25) is 0 Å². The predicted octanol–water partition coefficient (Wildman–Crippen LogP) is -1.07. The Morgan fingerprint density at radius 3 is 3.00 bits per heavy atom. The number of cyclic esters (lactones) is 1. The van der Waals surface area contributed by atoms with Crippen LogP contribution in [0.2, 0.25) is 0 Å². The van der Waals surface area contributed by atoms with Gasteiger partial charge in [0.25, 0.3) is 0 Å². The van der Waals surface area contributed by atoms with E-state index in [0.29, 0.717) is 6.61 Å². The van der Waals surface area contributed by atoms with Gasteiger partial charge >= 0.3 is 5.97 Å². The second-order valence-electron chi connectivity index (χ2n) is 4.08. The van der Waals surface area contributed by atoms with Crippen molar-refractivity contribution in [3.63, 3.8) is 0 Å². The number of hydrogen-bond acceptors (Lipinski definition) is 5. The summed E-state index contributed by atoms with van der Waals surface area (Å²) in [6.07, 6.45) is -1.62. The molecule has 0 aliphatic carbocycles. The van der Waals surface area contributed by atoms with Crippen molar-refractivity contribution in [3.8, 4) is 0 Å². The van der Waals surface area contributed by atoms with Gasteiger partial charge in [0.1, 0.15) is 18.3 Å². The van der Waals surface area contributed by atoms with Gasteiger partial charge in [0.15, 0.2) is 0 Å². The summed E-state index contributed by atoms with van der Waals surface area (Å²) in [5.41, 5.74) is 0. The number of hydrogen-bond donors (Lipinski definition) is 1. The first kappa shape index (κ1) is 8.64. The number of carbonyl (C=O) groups excluding carboxylic acids is 1. The van der Waals surface area contributed by atoms with Gasteiger partial charge in [-0.15, -0.1) is 0 Å². The molecular weight excluding hydrogens is 188 g/mol. The summed E-state index contributed by atoms with van der Waals surface area (Å²) in [5, 5.41) is 9.79. The molecule has 0 spiro atoms. The number of rotatable bonds is 1. The highest BCUT2D eigenvalue weighted by atomic mass is 16.6. The molecule has 5 nitrogen and oxygen atoms in total. The molecule has 3 aliphatic heterocycles. The highest BCUT2D eigenvalue weighted by Gasteiger charge is 2.65. The van der Waals surface area contributed by atoms with Crippen molar-refractivity contribution in [2.75, 3.05) is 13.7 Å². The number of aliphatic hydroxyl groups is 1. The van der Waals surface area contributed by atoms with E-state index in [1.807, 2.05) is 0 Å². The van der Waals surface area contributed by atoms with E-state index in [1.54, 1.807) is 7.11 Å². The van der Waals surface area contributed by atoms with Crippen LogP contribution in [0.25, 0.3) is 0 Å². The SMILES string of the molecule is CO[C@@H]1[C@H](O)[C@H]2O[C@H]1[C@@H]1COC(=O)[C@@H]12. The largest absolute Gasteiger partial charge is 0.465 e. The van der Waals surface area contributed by atoms with Crippen LogP contribution in [0.3, 0.4) is 0 Å². The molecule has 0 aromatic carbocycles. The average molecular weight is 200 g/mol. The molecule has 1 N–H and O–H groups in total. The molecule has 3 rings (SSSR count). The molecule has 3 aliphatic rings. The lowest BCUT2D eigenvalue weighted by molar-refractivity contribution is -0.145. The second-order valence-corrected chi connectivity index (χ2v) is 4.08. The van der Waals surface area contributed by atoms with Crippen LogP contribution in [0, 0.1) is 11.8 Å². The van der Waals surface area contributed by atoms with Gasteiger partial charge in [-0.25, -0.2) is 0 Å². The number of aliphatic hydroxyl groups excluding tert-OH is 1. The molecule has 2 bridgehead atoms. The first-order valence-corrected chi connectivity index (χ1v) is 4.77. The first-order valence-electron chi connectivity index (χ1n) is 4.77. The van der Waals surface area contributed by atoms with Crippen LogP contribution >= 0.6 is 0 Å². The standard InChI is InChI=1S/C9H12O5/c1-12-8-5(10)7-4-3(6(8)14-7)2-13-9(4)11/h3-8,10H,2H2,1H3/t3-,4+,5-,6+,7+,8-/m1/s1. The average Bonchev–Trinajstić information content (AvgIpc) is 2.77. The lowest BCUT2D eigenvalue weighted by atomic mass is 9.78. The normalized spacial score (nSPS) is 54.9. The van der Waals surface area contributed by atoms with Gasteiger partial charge in [0, 0.05) is 13.0 Å². The fourth-order valence-electron chi connectivity index (χ4n) is 2.87. The van der Waals surface area contributed by atoms with E-state index in [1.165, 1.54) is 0 Å². The number of esters is 1. The molecule has 3 saturated heterocycles. The van der Waals surface area contributed by atoms with Crippen LogP contribution in [-0.2, 0) is 19.0 Å². The fraction of sp³-hybridized carbons (Fsp3) is 0.889. The molecule has 0 saturated carbocycles. The monoisotopic (exact) mass is 200 g/mol. The van der Waals surface area contributed by atoms with Crippen molar-refractivity contribution in [2.45, 2.75) is 24.4 Å². The molecule has 6 atom stereocenters. The van der Waals surface area contributed by atoms with Crippen LogP contribution in [0.4, 0.5) is 0 Å². The molecule has 3 heterocycles. The van der Waals surface area contributed by atoms with E-state index in [2.05, 4.69) is 0 Å². The highest BCUT2D eigenvalue weighted by Crippen LogP contribution is 2.47. The summed E-state index contributed by atoms with van der Waals surface area (Å²) in [4.78, 5) is 11.3. The van der Waals surface area contributed by atoms with E-state index >= 15 is 0 Å². The Bertz CT molecular complexity index is 278. The van der Waals surface area contributed by atoms with Crippen molar-refractivity contribution in [1.29, 1.82) is 0 Å².